The van der Waals surface area contributed by atoms with Crippen LogP contribution >= 0.6 is 0 Å². The van der Waals surface area contributed by atoms with Gasteiger partial charge in [0.2, 0.25) is 10.0 Å². The van der Waals surface area contributed by atoms with Gasteiger partial charge in [0.05, 0.1) is 17.3 Å². The molecule has 2 rings (SSSR count). The fourth-order valence-corrected chi connectivity index (χ4v) is 3.98. The van der Waals surface area contributed by atoms with Crippen molar-refractivity contribution in [3.63, 3.8) is 0 Å². The van der Waals surface area contributed by atoms with Crippen molar-refractivity contribution in [2.75, 3.05) is 12.3 Å². The molecule has 0 aliphatic heterocycles. The van der Waals surface area contributed by atoms with Crippen LogP contribution in [0.2, 0.25) is 0 Å². The van der Waals surface area contributed by atoms with Crippen LogP contribution in [0.4, 0.5) is 5.69 Å². The Morgan fingerprint density at radius 2 is 2.15 bits per heavy atom. The molecule has 0 amide bonds. The normalized spacial score (nSPS) is 15.2. The Labute approximate surface area is 120 Å². The summed E-state index contributed by atoms with van der Waals surface area (Å²) in [6.45, 7) is 2.57. The van der Waals surface area contributed by atoms with E-state index in [0.29, 0.717) is 12.1 Å². The second-order valence-corrected chi connectivity index (χ2v) is 6.92. The third-order valence-corrected chi connectivity index (χ3v) is 5.44. The van der Waals surface area contributed by atoms with Gasteiger partial charge < -0.3 is 5.73 Å². The molecular weight excluding hydrogens is 274 g/mol. The van der Waals surface area contributed by atoms with E-state index >= 15 is 0 Å². The minimum Gasteiger partial charge on any atom is -0.398 e. The number of nitriles is 1. The van der Waals surface area contributed by atoms with E-state index < -0.39 is 10.0 Å². The lowest BCUT2D eigenvalue weighted by Gasteiger charge is -2.22. The van der Waals surface area contributed by atoms with Crippen LogP contribution in [0.3, 0.4) is 0 Å². The summed E-state index contributed by atoms with van der Waals surface area (Å²) in [5.41, 5.74) is 6.33. The lowest BCUT2D eigenvalue weighted by molar-refractivity contribution is 0.396. The zero-order valence-electron chi connectivity index (χ0n) is 11.5. The van der Waals surface area contributed by atoms with Crippen molar-refractivity contribution in [2.24, 2.45) is 0 Å². The quantitative estimate of drug-likeness (QED) is 0.814. The molecule has 5 nitrogen and oxygen atoms in total. The number of nitrogens with zero attached hydrogens (tertiary/aromatic N) is 2. The van der Waals surface area contributed by atoms with Crippen LogP contribution in [0.15, 0.2) is 23.1 Å². The van der Waals surface area contributed by atoms with Gasteiger partial charge in [0.25, 0.3) is 0 Å². The number of nitrogens with two attached hydrogens (primary N) is 1. The molecule has 0 bridgehead atoms. The Balaban J connectivity index is 2.35. The van der Waals surface area contributed by atoms with Crippen LogP contribution in [-0.4, -0.2) is 25.3 Å². The standard InChI is InChI=1S/C14H19N3O2S/c1-2-3-8-17(12-5-6-12)20(18,19)14-7-4-11(10-15)9-13(14)16/h4,7,9,12H,2-3,5-6,8,16H2,1H3. The van der Waals surface area contributed by atoms with Gasteiger partial charge in [-0.25, -0.2) is 8.42 Å². The van der Waals surface area contributed by atoms with E-state index in [0.717, 1.165) is 25.7 Å². The van der Waals surface area contributed by atoms with Crippen molar-refractivity contribution in [1.29, 1.82) is 5.26 Å². The van der Waals surface area contributed by atoms with E-state index in [4.69, 9.17) is 11.0 Å². The average molecular weight is 293 g/mol. The van der Waals surface area contributed by atoms with E-state index in [2.05, 4.69) is 0 Å². The first-order chi connectivity index (χ1) is 9.50. The van der Waals surface area contributed by atoms with Gasteiger partial charge in [-0.3, -0.25) is 0 Å². The zero-order valence-corrected chi connectivity index (χ0v) is 12.4. The lowest BCUT2D eigenvalue weighted by Crippen LogP contribution is -2.34. The number of rotatable bonds is 6. The predicted octanol–water partition coefficient (Wildman–Crippen LogP) is 2.09. The van der Waals surface area contributed by atoms with E-state index in [-0.39, 0.29) is 16.6 Å². The van der Waals surface area contributed by atoms with Crippen molar-refractivity contribution < 1.29 is 8.42 Å². The number of benzene rings is 1. The number of hydrogen-bond donors (Lipinski definition) is 1. The minimum absolute atomic E-state index is 0.111. The maximum Gasteiger partial charge on any atom is 0.245 e. The molecule has 1 aromatic rings. The highest BCUT2D eigenvalue weighted by Crippen LogP contribution is 2.34. The summed E-state index contributed by atoms with van der Waals surface area (Å²) in [4.78, 5) is 0.111. The van der Waals surface area contributed by atoms with Gasteiger partial charge in [0, 0.05) is 12.6 Å². The molecule has 6 heteroatoms. The molecule has 0 atom stereocenters. The summed E-state index contributed by atoms with van der Waals surface area (Å²) in [5.74, 6) is 0. The Morgan fingerprint density at radius 3 is 2.65 bits per heavy atom. The average Bonchev–Trinajstić information content (AvgIpc) is 3.23. The van der Waals surface area contributed by atoms with E-state index in [1.54, 1.807) is 4.31 Å². The number of sulfonamides is 1. The molecule has 20 heavy (non-hydrogen) atoms. The molecule has 0 saturated heterocycles. The SMILES string of the molecule is CCCCN(C1CC1)S(=O)(=O)c1ccc(C#N)cc1N. The van der Waals surface area contributed by atoms with Crippen LogP contribution in [0.1, 0.15) is 38.2 Å². The van der Waals surface area contributed by atoms with Crippen molar-refractivity contribution in [3.05, 3.63) is 23.8 Å². The highest BCUT2D eigenvalue weighted by molar-refractivity contribution is 7.89. The van der Waals surface area contributed by atoms with Gasteiger partial charge in [0.15, 0.2) is 0 Å². The predicted molar refractivity (Wildman–Crippen MR) is 77.4 cm³/mol. The summed E-state index contributed by atoms with van der Waals surface area (Å²) in [6, 6.07) is 6.41. The van der Waals surface area contributed by atoms with Gasteiger partial charge in [-0.05, 0) is 37.5 Å². The molecule has 0 radical (unpaired) electrons. The van der Waals surface area contributed by atoms with Gasteiger partial charge >= 0.3 is 0 Å². The monoisotopic (exact) mass is 293 g/mol. The molecule has 0 unspecified atom stereocenters. The van der Waals surface area contributed by atoms with E-state index in [1.807, 2.05) is 13.0 Å². The van der Waals surface area contributed by atoms with E-state index in [1.165, 1.54) is 18.2 Å². The van der Waals surface area contributed by atoms with Crippen LogP contribution < -0.4 is 5.73 Å². The van der Waals surface area contributed by atoms with Crippen LogP contribution in [0.25, 0.3) is 0 Å². The smallest absolute Gasteiger partial charge is 0.245 e. The number of anilines is 1. The first-order valence-corrected chi connectivity index (χ1v) is 8.26. The molecule has 1 aliphatic rings. The highest BCUT2D eigenvalue weighted by Gasteiger charge is 2.38. The fraction of sp³-hybridized carbons (Fsp3) is 0.500. The molecule has 1 aliphatic carbocycles. The van der Waals surface area contributed by atoms with Gasteiger partial charge in [-0.2, -0.15) is 9.57 Å². The van der Waals surface area contributed by atoms with E-state index in [9.17, 15) is 8.42 Å². The Bertz CT molecular complexity index is 630. The molecule has 0 aromatic heterocycles. The van der Waals surface area contributed by atoms with Gasteiger partial charge in [-0.15, -0.1) is 0 Å². The molecule has 0 spiro atoms. The van der Waals surface area contributed by atoms with Gasteiger partial charge in [0.1, 0.15) is 4.90 Å². The minimum atomic E-state index is -3.57. The second kappa shape index (κ2) is 5.81. The maximum atomic E-state index is 12.7. The Kier molecular flexibility index (Phi) is 4.31. The van der Waals surface area contributed by atoms with Crippen molar-refractivity contribution in [2.45, 2.75) is 43.5 Å². The van der Waals surface area contributed by atoms with Gasteiger partial charge in [-0.1, -0.05) is 13.3 Å². The maximum absolute atomic E-state index is 12.7. The molecule has 1 fully saturated rings. The molecular formula is C14H19N3O2S. The van der Waals surface area contributed by atoms with Crippen molar-refractivity contribution >= 4 is 15.7 Å². The first-order valence-electron chi connectivity index (χ1n) is 6.82. The summed E-state index contributed by atoms with van der Waals surface area (Å²) >= 11 is 0. The zero-order chi connectivity index (χ0) is 14.8. The fourth-order valence-electron chi connectivity index (χ4n) is 2.15. The summed E-state index contributed by atoms with van der Waals surface area (Å²) in [7, 11) is -3.57. The Hall–Kier alpha value is -1.58. The first kappa shape index (κ1) is 14.8. The molecule has 1 saturated carbocycles. The highest BCUT2D eigenvalue weighted by atomic mass is 32.2. The van der Waals surface area contributed by atoms with Crippen molar-refractivity contribution in [3.8, 4) is 6.07 Å². The number of unbranched alkanes of at least 4 members (excludes halogenated alkanes) is 1. The molecule has 2 N–H and O–H groups in total. The summed E-state index contributed by atoms with van der Waals surface area (Å²) in [6.07, 6.45) is 3.62. The van der Waals surface area contributed by atoms with Crippen molar-refractivity contribution in [1.82, 2.24) is 4.31 Å². The third kappa shape index (κ3) is 2.94. The third-order valence-electron chi connectivity index (χ3n) is 3.41. The molecule has 0 heterocycles. The number of nitrogen functional groups attached to an aromatic ring is 1. The second-order valence-electron chi connectivity index (χ2n) is 5.06. The number of hydrogen-bond acceptors (Lipinski definition) is 4. The summed E-state index contributed by atoms with van der Waals surface area (Å²) < 4.78 is 27.0. The van der Waals surface area contributed by atoms with Crippen LogP contribution in [-0.2, 0) is 10.0 Å². The topological polar surface area (TPSA) is 87.2 Å². The molecule has 1 aromatic carbocycles. The Morgan fingerprint density at radius 1 is 1.45 bits per heavy atom. The lowest BCUT2D eigenvalue weighted by atomic mass is 10.2. The largest absolute Gasteiger partial charge is 0.398 e. The van der Waals surface area contributed by atoms with Crippen LogP contribution in [0.5, 0.6) is 0 Å². The van der Waals surface area contributed by atoms with Crippen LogP contribution in [0, 0.1) is 11.3 Å². The molecule has 108 valence electrons. The summed E-state index contributed by atoms with van der Waals surface area (Å²) in [5, 5.41) is 8.81.